The second kappa shape index (κ2) is 7.47. The van der Waals surface area contributed by atoms with Gasteiger partial charge in [-0.2, -0.15) is 0 Å². The Morgan fingerprint density at radius 2 is 1.90 bits per heavy atom. The lowest BCUT2D eigenvalue weighted by molar-refractivity contribution is 0.630. The van der Waals surface area contributed by atoms with Crippen molar-refractivity contribution in [1.29, 1.82) is 0 Å². The van der Waals surface area contributed by atoms with Crippen molar-refractivity contribution in [2.24, 2.45) is 5.92 Å². The molecule has 2 aromatic rings. The van der Waals surface area contributed by atoms with E-state index in [0.717, 1.165) is 32.3 Å². The summed E-state index contributed by atoms with van der Waals surface area (Å²) in [5.74, 6) is 2.47. The SMILES string of the molecule is CC(C)Cc1nc(CSc2ccc(Cl)cc2)nc(N)c1Br. The summed E-state index contributed by atoms with van der Waals surface area (Å²) in [6.07, 6.45) is 0.881. The Bertz CT molecular complexity index is 617. The smallest absolute Gasteiger partial charge is 0.141 e. The molecule has 0 bridgehead atoms. The number of nitrogens with two attached hydrogens (primary N) is 1. The zero-order valence-corrected chi connectivity index (χ0v) is 15.1. The average Bonchev–Trinajstić information content (AvgIpc) is 2.43. The van der Waals surface area contributed by atoms with Gasteiger partial charge >= 0.3 is 0 Å². The van der Waals surface area contributed by atoms with E-state index in [-0.39, 0.29) is 0 Å². The number of hydrogen-bond donors (Lipinski definition) is 1. The van der Waals surface area contributed by atoms with Crippen LogP contribution in [0.4, 0.5) is 5.82 Å². The van der Waals surface area contributed by atoms with Crippen LogP contribution in [0.15, 0.2) is 33.6 Å². The second-order valence-electron chi connectivity index (χ2n) is 5.13. The first-order valence-corrected chi connectivity index (χ1v) is 8.80. The van der Waals surface area contributed by atoms with E-state index in [9.17, 15) is 0 Å². The molecule has 0 amide bonds. The minimum atomic E-state index is 0.507. The van der Waals surface area contributed by atoms with E-state index in [0.29, 0.717) is 17.5 Å². The molecule has 0 saturated carbocycles. The van der Waals surface area contributed by atoms with Gasteiger partial charge in [-0.1, -0.05) is 25.4 Å². The monoisotopic (exact) mass is 385 g/mol. The third kappa shape index (κ3) is 4.87. The summed E-state index contributed by atoms with van der Waals surface area (Å²) < 4.78 is 0.816. The van der Waals surface area contributed by atoms with Gasteiger partial charge in [0.25, 0.3) is 0 Å². The second-order valence-corrected chi connectivity index (χ2v) is 7.40. The topological polar surface area (TPSA) is 51.8 Å². The number of hydrogen-bond acceptors (Lipinski definition) is 4. The summed E-state index contributed by atoms with van der Waals surface area (Å²) >= 11 is 11.0. The largest absolute Gasteiger partial charge is 0.383 e. The highest BCUT2D eigenvalue weighted by Gasteiger charge is 2.11. The van der Waals surface area contributed by atoms with Crippen LogP contribution < -0.4 is 5.73 Å². The van der Waals surface area contributed by atoms with Crippen LogP contribution in [0.2, 0.25) is 5.02 Å². The minimum absolute atomic E-state index is 0.507. The van der Waals surface area contributed by atoms with E-state index >= 15 is 0 Å². The molecule has 0 aliphatic rings. The van der Waals surface area contributed by atoms with Gasteiger partial charge in [0.05, 0.1) is 15.9 Å². The number of thioether (sulfide) groups is 1. The van der Waals surface area contributed by atoms with Gasteiger partial charge in [-0.05, 0) is 52.5 Å². The van der Waals surface area contributed by atoms with Crippen molar-refractivity contribution in [3.8, 4) is 0 Å². The van der Waals surface area contributed by atoms with Crippen molar-refractivity contribution in [3.63, 3.8) is 0 Å². The fourth-order valence-electron chi connectivity index (χ4n) is 1.83. The summed E-state index contributed by atoms with van der Waals surface area (Å²) in [4.78, 5) is 10.1. The van der Waals surface area contributed by atoms with E-state index in [4.69, 9.17) is 17.3 Å². The first kappa shape index (κ1) is 16.6. The van der Waals surface area contributed by atoms with Crippen LogP contribution in [-0.2, 0) is 12.2 Å². The summed E-state index contributed by atoms with van der Waals surface area (Å²) in [5.41, 5.74) is 6.94. The van der Waals surface area contributed by atoms with Crippen LogP contribution in [0.3, 0.4) is 0 Å². The first-order valence-electron chi connectivity index (χ1n) is 6.65. The molecule has 1 heterocycles. The number of anilines is 1. The molecule has 21 heavy (non-hydrogen) atoms. The van der Waals surface area contributed by atoms with Crippen molar-refractivity contribution in [2.45, 2.75) is 30.9 Å². The number of nitrogens with zero attached hydrogens (tertiary/aromatic N) is 2. The highest BCUT2D eigenvalue weighted by molar-refractivity contribution is 9.10. The maximum absolute atomic E-state index is 5.96. The van der Waals surface area contributed by atoms with Gasteiger partial charge < -0.3 is 5.73 Å². The fraction of sp³-hybridized carbons (Fsp3) is 0.333. The molecule has 0 radical (unpaired) electrons. The van der Waals surface area contributed by atoms with Gasteiger partial charge in [-0.25, -0.2) is 9.97 Å². The van der Waals surface area contributed by atoms with E-state index in [1.54, 1.807) is 11.8 Å². The molecule has 0 unspecified atom stereocenters. The molecule has 112 valence electrons. The van der Waals surface area contributed by atoms with Gasteiger partial charge in [-0.3, -0.25) is 0 Å². The Morgan fingerprint density at radius 1 is 1.24 bits per heavy atom. The maximum Gasteiger partial charge on any atom is 0.141 e. The predicted molar refractivity (Wildman–Crippen MR) is 93.7 cm³/mol. The van der Waals surface area contributed by atoms with Crippen LogP contribution >= 0.6 is 39.3 Å². The van der Waals surface area contributed by atoms with Crippen molar-refractivity contribution >= 4 is 45.1 Å². The van der Waals surface area contributed by atoms with Gasteiger partial charge in [0, 0.05) is 9.92 Å². The van der Waals surface area contributed by atoms with Gasteiger partial charge in [0.2, 0.25) is 0 Å². The lowest BCUT2D eigenvalue weighted by atomic mass is 10.1. The molecule has 0 aliphatic carbocycles. The summed E-state index contributed by atoms with van der Waals surface area (Å²) in [7, 11) is 0. The number of rotatable bonds is 5. The average molecular weight is 387 g/mol. The molecule has 1 aromatic carbocycles. The third-order valence-corrected chi connectivity index (χ3v) is 4.90. The molecule has 0 saturated heterocycles. The zero-order valence-electron chi connectivity index (χ0n) is 11.9. The highest BCUT2D eigenvalue weighted by atomic mass is 79.9. The van der Waals surface area contributed by atoms with E-state index < -0.39 is 0 Å². The van der Waals surface area contributed by atoms with Crippen molar-refractivity contribution in [1.82, 2.24) is 9.97 Å². The normalized spacial score (nSPS) is 11.1. The summed E-state index contributed by atoms with van der Waals surface area (Å²) in [6, 6.07) is 7.74. The van der Waals surface area contributed by atoms with Crippen LogP contribution in [0.25, 0.3) is 0 Å². The molecule has 1 aromatic heterocycles. The molecular weight excluding hydrogens is 370 g/mol. The van der Waals surface area contributed by atoms with Crippen LogP contribution in [0.5, 0.6) is 0 Å². The molecule has 2 rings (SSSR count). The Balaban J connectivity index is 2.12. The number of nitrogen functional groups attached to an aromatic ring is 1. The number of benzene rings is 1. The molecule has 2 N–H and O–H groups in total. The lowest BCUT2D eigenvalue weighted by Crippen LogP contribution is -2.07. The van der Waals surface area contributed by atoms with Crippen LogP contribution in [0.1, 0.15) is 25.4 Å². The molecular formula is C15H17BrClN3S. The molecule has 0 aliphatic heterocycles. The standard InChI is InChI=1S/C15H17BrClN3S/c1-9(2)7-12-14(16)15(18)20-13(19-12)8-21-11-5-3-10(17)4-6-11/h3-6,9H,7-8H2,1-2H3,(H2,18,19,20). The van der Waals surface area contributed by atoms with Gasteiger partial charge in [0.15, 0.2) is 0 Å². The Labute approximate surface area is 142 Å². The fourth-order valence-corrected chi connectivity index (χ4v) is 3.05. The Morgan fingerprint density at radius 3 is 2.52 bits per heavy atom. The third-order valence-electron chi connectivity index (χ3n) is 2.77. The highest BCUT2D eigenvalue weighted by Crippen LogP contribution is 2.27. The quantitative estimate of drug-likeness (QED) is 0.737. The van der Waals surface area contributed by atoms with Gasteiger partial charge in [-0.15, -0.1) is 11.8 Å². The van der Waals surface area contributed by atoms with Crippen molar-refractivity contribution in [2.75, 3.05) is 5.73 Å². The number of halogens is 2. The Hall–Kier alpha value is -0.780. The van der Waals surface area contributed by atoms with Crippen LogP contribution in [0, 0.1) is 5.92 Å². The van der Waals surface area contributed by atoms with E-state index in [2.05, 4.69) is 39.7 Å². The zero-order chi connectivity index (χ0) is 15.4. The maximum atomic E-state index is 5.96. The van der Waals surface area contributed by atoms with Crippen molar-refractivity contribution in [3.05, 3.63) is 45.3 Å². The molecule has 0 fully saturated rings. The Kier molecular flexibility index (Phi) is 5.90. The summed E-state index contributed by atoms with van der Waals surface area (Å²) in [6.45, 7) is 4.32. The molecule has 3 nitrogen and oxygen atoms in total. The predicted octanol–water partition coefficient (Wildman–Crippen LogP) is 4.97. The van der Waals surface area contributed by atoms with Crippen molar-refractivity contribution < 1.29 is 0 Å². The van der Waals surface area contributed by atoms with E-state index in [1.807, 2.05) is 24.3 Å². The summed E-state index contributed by atoms with van der Waals surface area (Å²) in [5, 5.41) is 0.739. The van der Waals surface area contributed by atoms with Crippen LogP contribution in [-0.4, -0.2) is 9.97 Å². The van der Waals surface area contributed by atoms with Gasteiger partial charge in [0.1, 0.15) is 11.6 Å². The lowest BCUT2D eigenvalue weighted by Gasteiger charge is -2.10. The molecule has 0 spiro atoms. The minimum Gasteiger partial charge on any atom is -0.383 e. The molecule has 6 heteroatoms. The number of aromatic nitrogens is 2. The molecule has 0 atom stereocenters. The first-order chi connectivity index (χ1) is 9.95. The van der Waals surface area contributed by atoms with E-state index in [1.165, 1.54) is 0 Å².